The van der Waals surface area contributed by atoms with Crippen LogP contribution in [0.4, 0.5) is 5.13 Å². The summed E-state index contributed by atoms with van der Waals surface area (Å²) in [5.41, 5.74) is 3.51. The van der Waals surface area contributed by atoms with E-state index in [4.69, 9.17) is 9.72 Å². The van der Waals surface area contributed by atoms with E-state index in [2.05, 4.69) is 56.3 Å². The number of aromatic nitrogens is 1. The fourth-order valence-corrected chi connectivity index (χ4v) is 5.49. The highest BCUT2D eigenvalue weighted by Gasteiger charge is 2.26. The van der Waals surface area contributed by atoms with Crippen LogP contribution in [-0.2, 0) is 16.0 Å². The number of carbonyl (C=O) groups is 1. The average molecular weight is 441 g/mol. The second-order valence-corrected chi connectivity index (χ2v) is 9.88. The van der Waals surface area contributed by atoms with Crippen molar-refractivity contribution >= 4 is 44.4 Å². The minimum atomic E-state index is 0.108. The van der Waals surface area contributed by atoms with E-state index in [-0.39, 0.29) is 12.0 Å². The molecule has 0 saturated carbocycles. The number of hydrogen-bond donors (Lipinski definition) is 0. The zero-order valence-corrected chi connectivity index (χ0v) is 19.2. The van der Waals surface area contributed by atoms with E-state index in [1.807, 2.05) is 4.90 Å². The van der Waals surface area contributed by atoms with Gasteiger partial charge in [0.05, 0.1) is 22.9 Å². The molecule has 1 fully saturated rings. The highest BCUT2D eigenvalue weighted by Crippen LogP contribution is 2.31. The summed E-state index contributed by atoms with van der Waals surface area (Å²) in [6.45, 7) is 5.62. The van der Waals surface area contributed by atoms with Gasteiger partial charge in [0.1, 0.15) is 0 Å². The van der Waals surface area contributed by atoms with Crippen molar-refractivity contribution in [3.05, 3.63) is 53.6 Å². The Morgan fingerprint density at radius 3 is 2.83 bits per heavy atom. The van der Waals surface area contributed by atoms with Gasteiger partial charge in [0.25, 0.3) is 0 Å². The zero-order chi connectivity index (χ0) is 20.9. The molecule has 0 radical (unpaired) electrons. The van der Waals surface area contributed by atoms with Gasteiger partial charge in [-0.3, -0.25) is 9.69 Å². The van der Waals surface area contributed by atoms with Crippen LogP contribution in [0.15, 0.2) is 47.4 Å². The first kappa shape index (κ1) is 21.3. The lowest BCUT2D eigenvalue weighted by atomic mass is 10.2. The van der Waals surface area contributed by atoms with Crippen molar-refractivity contribution in [1.82, 2.24) is 4.98 Å². The average Bonchev–Trinajstić information content (AvgIpc) is 3.42. The van der Waals surface area contributed by atoms with Gasteiger partial charge in [0.15, 0.2) is 5.13 Å². The van der Waals surface area contributed by atoms with Crippen molar-refractivity contribution in [3.8, 4) is 0 Å². The number of benzene rings is 2. The molecule has 0 N–H and O–H groups in total. The highest BCUT2D eigenvalue weighted by atomic mass is 32.2. The first-order valence-corrected chi connectivity index (χ1v) is 12.4. The van der Waals surface area contributed by atoms with Gasteiger partial charge in [-0.25, -0.2) is 4.98 Å². The molecule has 1 aliphatic rings. The molecule has 0 spiro atoms. The number of carbonyl (C=O) groups excluding carboxylic acids is 1. The molecule has 3 aromatic rings. The smallest absolute Gasteiger partial charge is 0.229 e. The summed E-state index contributed by atoms with van der Waals surface area (Å²) >= 11 is 3.34. The van der Waals surface area contributed by atoms with E-state index >= 15 is 0 Å². The van der Waals surface area contributed by atoms with Gasteiger partial charge >= 0.3 is 0 Å². The number of aryl methyl sites for hydroxylation is 2. The Balaban J connectivity index is 1.48. The molecule has 0 bridgehead atoms. The summed E-state index contributed by atoms with van der Waals surface area (Å²) in [4.78, 5) is 21.1. The Morgan fingerprint density at radius 1 is 1.27 bits per heavy atom. The number of thioether (sulfide) groups is 1. The third kappa shape index (κ3) is 5.23. The van der Waals surface area contributed by atoms with Crippen LogP contribution < -0.4 is 4.90 Å². The number of thiazole rings is 1. The topological polar surface area (TPSA) is 42.4 Å². The number of hydrogen-bond acceptors (Lipinski definition) is 5. The summed E-state index contributed by atoms with van der Waals surface area (Å²) < 4.78 is 6.97. The number of fused-ring (bicyclic) bond motifs is 1. The van der Waals surface area contributed by atoms with Crippen LogP contribution in [0.25, 0.3) is 10.2 Å². The van der Waals surface area contributed by atoms with Gasteiger partial charge in [-0.2, -0.15) is 0 Å². The van der Waals surface area contributed by atoms with E-state index in [1.54, 1.807) is 23.1 Å². The zero-order valence-electron chi connectivity index (χ0n) is 17.6. The second-order valence-electron chi connectivity index (χ2n) is 7.70. The third-order valence-electron chi connectivity index (χ3n) is 5.40. The fraction of sp³-hybridized carbons (Fsp3) is 0.417. The molecule has 1 saturated heterocycles. The molecule has 1 unspecified atom stereocenters. The normalized spacial score (nSPS) is 16.3. The van der Waals surface area contributed by atoms with E-state index in [0.717, 1.165) is 47.0 Å². The summed E-state index contributed by atoms with van der Waals surface area (Å²) in [5.74, 6) is 0.884. The first-order valence-electron chi connectivity index (χ1n) is 10.6. The molecule has 6 heteroatoms. The molecule has 158 valence electrons. The van der Waals surface area contributed by atoms with Crippen LogP contribution in [0, 0.1) is 6.92 Å². The molecule has 0 aliphatic carbocycles. The number of amides is 1. The van der Waals surface area contributed by atoms with E-state index < -0.39 is 0 Å². The number of anilines is 1. The number of rotatable bonds is 8. The maximum atomic E-state index is 13.2. The van der Waals surface area contributed by atoms with Gasteiger partial charge in [-0.05, 0) is 56.0 Å². The van der Waals surface area contributed by atoms with Crippen molar-refractivity contribution in [2.24, 2.45) is 0 Å². The lowest BCUT2D eigenvalue weighted by molar-refractivity contribution is -0.118. The lowest BCUT2D eigenvalue weighted by Crippen LogP contribution is -2.37. The maximum absolute atomic E-state index is 13.2. The van der Waals surface area contributed by atoms with Crippen LogP contribution in [0.2, 0.25) is 0 Å². The predicted octanol–water partition coefficient (Wildman–Crippen LogP) is 5.86. The van der Waals surface area contributed by atoms with Crippen LogP contribution in [0.1, 0.15) is 37.3 Å². The van der Waals surface area contributed by atoms with Crippen LogP contribution >= 0.6 is 23.1 Å². The van der Waals surface area contributed by atoms with Gasteiger partial charge < -0.3 is 4.74 Å². The van der Waals surface area contributed by atoms with E-state index in [0.29, 0.717) is 13.0 Å². The molecule has 2 heterocycles. The van der Waals surface area contributed by atoms with Crippen LogP contribution in [0.5, 0.6) is 0 Å². The Morgan fingerprint density at radius 2 is 2.10 bits per heavy atom. The maximum Gasteiger partial charge on any atom is 0.229 e. The first-order chi connectivity index (χ1) is 14.6. The summed E-state index contributed by atoms with van der Waals surface area (Å²) in [5, 5.41) is 0.791. The quantitative estimate of drug-likeness (QED) is 0.411. The highest BCUT2D eigenvalue weighted by molar-refractivity contribution is 7.99. The monoisotopic (exact) mass is 440 g/mol. The summed E-state index contributed by atoms with van der Waals surface area (Å²) in [6, 6.07) is 14.8. The number of ether oxygens (including phenoxy) is 1. The molecule has 4 nitrogen and oxygen atoms in total. The predicted molar refractivity (Wildman–Crippen MR) is 127 cm³/mol. The van der Waals surface area contributed by atoms with Crippen molar-refractivity contribution in [2.45, 2.75) is 50.5 Å². The van der Waals surface area contributed by atoms with Crippen LogP contribution in [-0.4, -0.2) is 35.9 Å². The van der Waals surface area contributed by atoms with Crippen molar-refractivity contribution < 1.29 is 9.53 Å². The second kappa shape index (κ2) is 9.94. The van der Waals surface area contributed by atoms with Gasteiger partial charge in [0, 0.05) is 23.7 Å². The molecular formula is C24H28N2O2S2. The minimum absolute atomic E-state index is 0.108. The fourth-order valence-electron chi connectivity index (χ4n) is 3.60. The molecule has 4 rings (SSSR count). The van der Waals surface area contributed by atoms with E-state index in [1.165, 1.54) is 16.0 Å². The van der Waals surface area contributed by atoms with Crippen LogP contribution in [0.3, 0.4) is 0 Å². The minimum Gasteiger partial charge on any atom is -0.376 e. The molecule has 1 aromatic heterocycles. The van der Waals surface area contributed by atoms with Gasteiger partial charge in [0.2, 0.25) is 5.91 Å². The molecule has 30 heavy (non-hydrogen) atoms. The van der Waals surface area contributed by atoms with Crippen molar-refractivity contribution in [1.29, 1.82) is 0 Å². The Kier molecular flexibility index (Phi) is 7.08. The lowest BCUT2D eigenvalue weighted by Gasteiger charge is -2.23. The largest absolute Gasteiger partial charge is 0.376 e. The Hall–Kier alpha value is -1.89. The molecule has 1 aliphatic heterocycles. The summed E-state index contributed by atoms with van der Waals surface area (Å²) in [6.07, 6.45) is 3.67. The van der Waals surface area contributed by atoms with Crippen molar-refractivity contribution in [2.75, 3.05) is 23.8 Å². The number of nitrogens with zero attached hydrogens (tertiary/aromatic N) is 2. The van der Waals surface area contributed by atoms with E-state index in [9.17, 15) is 4.79 Å². The molecule has 1 atom stereocenters. The van der Waals surface area contributed by atoms with Gasteiger partial charge in [-0.1, -0.05) is 42.0 Å². The van der Waals surface area contributed by atoms with Gasteiger partial charge in [-0.15, -0.1) is 11.8 Å². The molecular weight excluding hydrogens is 412 g/mol. The Bertz CT molecular complexity index is 994. The third-order valence-corrected chi connectivity index (χ3v) is 7.45. The molecule has 1 amide bonds. The molecule has 2 aromatic carbocycles. The van der Waals surface area contributed by atoms with Crippen molar-refractivity contribution in [3.63, 3.8) is 0 Å². The SMILES string of the molecule is CCc1ccc2nc(N(CC3CCCO3)C(=O)CCSc3ccc(C)cc3)sc2c1. The summed E-state index contributed by atoms with van der Waals surface area (Å²) in [7, 11) is 0. The standard InChI is InChI=1S/C24H28N2O2S2/c1-3-18-8-11-21-22(15-18)30-24(25-21)26(16-19-5-4-13-28-19)23(27)12-14-29-20-9-6-17(2)7-10-20/h6-11,15,19H,3-5,12-14,16H2,1-2H3. The Labute approximate surface area is 186 Å².